The lowest BCUT2D eigenvalue weighted by atomic mass is 10.0. The minimum atomic E-state index is -3.54. The first-order valence-corrected chi connectivity index (χ1v) is 10.1. The number of hydrogen-bond donors (Lipinski definition) is 3. The van der Waals surface area contributed by atoms with E-state index in [0.717, 1.165) is 17.7 Å². The van der Waals surface area contributed by atoms with Crippen LogP contribution < -0.4 is 15.4 Å². The van der Waals surface area contributed by atoms with Gasteiger partial charge in [-0.2, -0.15) is 0 Å². The summed E-state index contributed by atoms with van der Waals surface area (Å²) in [4.78, 5) is 24.5. The second-order valence-electron chi connectivity index (χ2n) is 6.14. The normalized spacial score (nSPS) is 12.3. The Kier molecular flexibility index (Phi) is 7.40. The van der Waals surface area contributed by atoms with E-state index in [4.69, 9.17) is 0 Å². The predicted molar refractivity (Wildman–Crippen MR) is 102 cm³/mol. The molecule has 0 aliphatic heterocycles. The van der Waals surface area contributed by atoms with E-state index in [0.29, 0.717) is 6.42 Å². The maximum absolute atomic E-state index is 13.5. The van der Waals surface area contributed by atoms with Crippen molar-refractivity contribution in [2.75, 3.05) is 14.1 Å². The zero-order chi connectivity index (χ0) is 21.6. The molecule has 29 heavy (non-hydrogen) atoms. The number of nitrogens with one attached hydrogen (secondary N) is 3. The van der Waals surface area contributed by atoms with E-state index in [2.05, 4.69) is 15.4 Å². The second-order valence-corrected chi connectivity index (χ2v) is 8.03. The van der Waals surface area contributed by atoms with Gasteiger partial charge in [0.05, 0.1) is 4.90 Å². The minimum Gasteiger partial charge on any atom is -0.357 e. The molecule has 156 valence electrons. The van der Waals surface area contributed by atoms with Gasteiger partial charge in [0, 0.05) is 13.5 Å². The summed E-state index contributed by atoms with van der Waals surface area (Å²) in [5.74, 6) is -3.23. The van der Waals surface area contributed by atoms with Crippen LogP contribution in [-0.2, 0) is 26.0 Å². The molecular weight excluding hydrogens is 404 g/mol. The van der Waals surface area contributed by atoms with Gasteiger partial charge >= 0.3 is 0 Å². The third-order valence-corrected chi connectivity index (χ3v) is 5.66. The lowest BCUT2D eigenvalue weighted by Gasteiger charge is -2.18. The van der Waals surface area contributed by atoms with Crippen molar-refractivity contribution in [3.63, 3.8) is 0 Å². The van der Waals surface area contributed by atoms with Crippen LogP contribution in [0.3, 0.4) is 0 Å². The number of hydrogen-bond acceptors (Lipinski definition) is 4. The monoisotopic (exact) mass is 425 g/mol. The van der Waals surface area contributed by atoms with Crippen molar-refractivity contribution in [1.29, 1.82) is 0 Å². The summed E-state index contributed by atoms with van der Waals surface area (Å²) in [6.45, 7) is 0. The Morgan fingerprint density at radius 3 is 2.21 bits per heavy atom. The molecule has 2 rings (SSSR count). The van der Waals surface area contributed by atoms with Gasteiger partial charge in [-0.3, -0.25) is 9.59 Å². The van der Waals surface area contributed by atoms with E-state index in [1.54, 1.807) is 12.1 Å². The first-order valence-electron chi connectivity index (χ1n) is 8.66. The molecule has 2 aromatic carbocycles. The number of halogens is 2. The standard InChI is InChI=1S/C19H21F2N3O4S/c1-22-19(26)18(13-6-9-15(20)16(21)11-13)24-17(25)10-5-12-3-7-14(8-4-12)29(27,28)23-2/h3-4,6-9,11,18,23H,5,10H2,1-2H3,(H,22,26)(H,24,25). The largest absolute Gasteiger partial charge is 0.357 e. The van der Waals surface area contributed by atoms with Gasteiger partial charge in [-0.1, -0.05) is 18.2 Å². The fraction of sp³-hybridized carbons (Fsp3) is 0.263. The van der Waals surface area contributed by atoms with Crippen LogP contribution >= 0.6 is 0 Å². The van der Waals surface area contributed by atoms with Crippen molar-refractivity contribution < 1.29 is 26.8 Å². The molecule has 0 saturated heterocycles. The molecule has 1 unspecified atom stereocenters. The number of carbonyl (C=O) groups is 2. The molecule has 2 aromatic rings. The molecule has 7 nitrogen and oxygen atoms in total. The zero-order valence-electron chi connectivity index (χ0n) is 15.8. The summed E-state index contributed by atoms with van der Waals surface area (Å²) < 4.78 is 52.3. The molecule has 0 aromatic heterocycles. The molecular formula is C19H21F2N3O4S. The number of rotatable bonds is 8. The molecule has 0 radical (unpaired) electrons. The van der Waals surface area contributed by atoms with Gasteiger partial charge in [-0.15, -0.1) is 0 Å². The van der Waals surface area contributed by atoms with Crippen molar-refractivity contribution in [3.8, 4) is 0 Å². The van der Waals surface area contributed by atoms with E-state index in [9.17, 15) is 26.8 Å². The molecule has 10 heteroatoms. The highest BCUT2D eigenvalue weighted by molar-refractivity contribution is 7.89. The number of carbonyl (C=O) groups excluding carboxylic acids is 2. The molecule has 0 aliphatic carbocycles. The highest BCUT2D eigenvalue weighted by Crippen LogP contribution is 2.17. The first-order chi connectivity index (χ1) is 13.7. The van der Waals surface area contributed by atoms with Gasteiger partial charge in [0.2, 0.25) is 21.8 Å². The molecule has 1 atom stereocenters. The third-order valence-electron chi connectivity index (χ3n) is 4.23. The Hall–Kier alpha value is -2.85. The number of aryl methyl sites for hydroxylation is 1. The maximum Gasteiger partial charge on any atom is 0.246 e. The van der Waals surface area contributed by atoms with Gasteiger partial charge in [-0.25, -0.2) is 21.9 Å². The summed E-state index contributed by atoms with van der Waals surface area (Å²) in [7, 11) is -0.871. The number of benzene rings is 2. The van der Waals surface area contributed by atoms with Gasteiger partial charge < -0.3 is 10.6 Å². The number of sulfonamides is 1. The third kappa shape index (κ3) is 5.81. The molecule has 0 fully saturated rings. The van der Waals surface area contributed by atoms with E-state index >= 15 is 0 Å². The van der Waals surface area contributed by atoms with Gasteiger partial charge in [0.1, 0.15) is 6.04 Å². The summed E-state index contributed by atoms with van der Waals surface area (Å²) in [6.07, 6.45) is 0.305. The summed E-state index contributed by atoms with van der Waals surface area (Å²) in [5, 5.41) is 4.87. The summed E-state index contributed by atoms with van der Waals surface area (Å²) >= 11 is 0. The Labute approximate surface area is 167 Å². The average molecular weight is 425 g/mol. The van der Waals surface area contributed by atoms with Crippen LogP contribution in [0.5, 0.6) is 0 Å². The highest BCUT2D eigenvalue weighted by Gasteiger charge is 2.23. The molecule has 0 bridgehead atoms. The fourth-order valence-electron chi connectivity index (χ4n) is 2.58. The van der Waals surface area contributed by atoms with Crippen LogP contribution in [-0.4, -0.2) is 34.3 Å². The van der Waals surface area contributed by atoms with E-state index < -0.39 is 39.5 Å². The van der Waals surface area contributed by atoms with Gasteiger partial charge in [0.15, 0.2) is 11.6 Å². The van der Waals surface area contributed by atoms with Crippen molar-refractivity contribution in [3.05, 3.63) is 65.2 Å². The Morgan fingerprint density at radius 2 is 1.66 bits per heavy atom. The lowest BCUT2D eigenvalue weighted by Crippen LogP contribution is -2.39. The van der Waals surface area contributed by atoms with Crippen LogP contribution in [0.4, 0.5) is 8.78 Å². The van der Waals surface area contributed by atoms with Crippen molar-refractivity contribution in [2.24, 2.45) is 0 Å². The smallest absolute Gasteiger partial charge is 0.246 e. The number of amides is 2. The first kappa shape index (κ1) is 22.4. The average Bonchev–Trinajstić information content (AvgIpc) is 2.72. The fourth-order valence-corrected chi connectivity index (χ4v) is 3.31. The molecule has 0 aliphatic rings. The van der Waals surface area contributed by atoms with Crippen LogP contribution in [0.2, 0.25) is 0 Å². The summed E-state index contributed by atoms with van der Waals surface area (Å²) in [5.41, 5.74) is 0.831. The maximum atomic E-state index is 13.5. The van der Waals surface area contributed by atoms with E-state index in [1.165, 1.54) is 32.3 Å². The summed E-state index contributed by atoms with van der Waals surface area (Å²) in [6, 6.07) is 7.81. The molecule has 0 heterocycles. The minimum absolute atomic E-state index is 0.00922. The van der Waals surface area contributed by atoms with E-state index in [-0.39, 0.29) is 16.9 Å². The van der Waals surface area contributed by atoms with Crippen molar-refractivity contribution in [1.82, 2.24) is 15.4 Å². The predicted octanol–water partition coefficient (Wildman–Crippen LogP) is 1.41. The Balaban J connectivity index is 2.05. The van der Waals surface area contributed by atoms with E-state index in [1.807, 2.05) is 0 Å². The van der Waals surface area contributed by atoms with Gasteiger partial charge in [0.25, 0.3) is 0 Å². The number of likely N-dealkylation sites (N-methyl/N-ethyl adjacent to an activating group) is 1. The SMILES string of the molecule is CNC(=O)C(NC(=O)CCc1ccc(S(=O)(=O)NC)cc1)c1ccc(F)c(F)c1. The molecule has 3 N–H and O–H groups in total. The van der Waals surface area contributed by atoms with Crippen LogP contribution in [0, 0.1) is 11.6 Å². The molecule has 2 amide bonds. The quantitative estimate of drug-likeness (QED) is 0.595. The van der Waals surface area contributed by atoms with Crippen molar-refractivity contribution in [2.45, 2.75) is 23.8 Å². The van der Waals surface area contributed by atoms with Crippen LogP contribution in [0.25, 0.3) is 0 Å². The van der Waals surface area contributed by atoms with Crippen LogP contribution in [0.15, 0.2) is 47.4 Å². The lowest BCUT2D eigenvalue weighted by molar-refractivity contribution is -0.128. The van der Waals surface area contributed by atoms with Gasteiger partial charge in [-0.05, 0) is 48.9 Å². The Morgan fingerprint density at radius 1 is 1.00 bits per heavy atom. The molecule has 0 saturated carbocycles. The second kappa shape index (κ2) is 9.57. The molecule has 0 spiro atoms. The topological polar surface area (TPSA) is 104 Å². The Bertz CT molecular complexity index is 995. The van der Waals surface area contributed by atoms with Crippen molar-refractivity contribution >= 4 is 21.8 Å². The van der Waals surface area contributed by atoms with Crippen LogP contribution in [0.1, 0.15) is 23.6 Å². The zero-order valence-corrected chi connectivity index (χ0v) is 16.6. The highest BCUT2D eigenvalue weighted by atomic mass is 32.2.